The Morgan fingerprint density at radius 1 is 1.42 bits per heavy atom. The molecule has 0 radical (unpaired) electrons. The topological polar surface area (TPSA) is 34.2 Å². The molecule has 1 aliphatic carbocycles. The predicted molar refractivity (Wildman–Crippen MR) is 73.6 cm³/mol. The van der Waals surface area contributed by atoms with Gasteiger partial charge in [-0.25, -0.2) is 9.37 Å². The van der Waals surface area contributed by atoms with Crippen LogP contribution in [0.3, 0.4) is 0 Å². The number of rotatable bonds is 4. The van der Waals surface area contributed by atoms with Crippen molar-refractivity contribution < 1.29 is 9.13 Å². The third kappa shape index (κ3) is 3.90. The highest BCUT2D eigenvalue weighted by molar-refractivity contribution is 5.26. The normalized spacial score (nSPS) is 19.4. The molecule has 1 heterocycles. The number of aromatic nitrogens is 1. The van der Waals surface area contributed by atoms with Gasteiger partial charge in [-0.15, -0.1) is 0 Å². The Kier molecular flexibility index (Phi) is 4.40. The molecule has 4 heteroatoms. The molecular formula is C15H23FN2O. The fraction of sp³-hybridized carbons (Fsp3) is 0.667. The number of pyridine rings is 1. The van der Waals surface area contributed by atoms with Gasteiger partial charge in [-0.2, -0.15) is 0 Å². The second kappa shape index (κ2) is 5.87. The number of hydrogen-bond acceptors (Lipinski definition) is 3. The van der Waals surface area contributed by atoms with Gasteiger partial charge in [0, 0.05) is 12.1 Å². The summed E-state index contributed by atoms with van der Waals surface area (Å²) in [6.07, 6.45) is 5.86. The number of ether oxygens (including phenoxy) is 1. The molecule has 1 aromatic heterocycles. The van der Waals surface area contributed by atoms with Gasteiger partial charge in [0.15, 0.2) is 0 Å². The molecule has 0 aromatic carbocycles. The van der Waals surface area contributed by atoms with E-state index in [9.17, 15) is 4.39 Å². The summed E-state index contributed by atoms with van der Waals surface area (Å²) in [7, 11) is 1.83. The Bertz CT molecular complexity index is 424. The molecule has 0 saturated heterocycles. The average Bonchev–Trinajstić information content (AvgIpc) is 2.35. The fourth-order valence-corrected chi connectivity index (χ4v) is 2.54. The summed E-state index contributed by atoms with van der Waals surface area (Å²) in [5.41, 5.74) is 1.21. The molecule has 0 bridgehead atoms. The molecule has 0 amide bonds. The molecular weight excluding hydrogens is 243 g/mol. The highest BCUT2D eigenvalue weighted by Crippen LogP contribution is 2.36. The molecule has 2 rings (SSSR count). The predicted octanol–water partition coefficient (Wildman–Crippen LogP) is 3.29. The van der Waals surface area contributed by atoms with Gasteiger partial charge in [-0.3, -0.25) is 0 Å². The van der Waals surface area contributed by atoms with Crippen molar-refractivity contribution in [3.8, 4) is 5.88 Å². The molecule has 0 unspecified atom stereocenters. The smallest absolute Gasteiger partial charge is 0.218 e. The van der Waals surface area contributed by atoms with E-state index in [0.717, 1.165) is 18.4 Å². The van der Waals surface area contributed by atoms with Crippen molar-refractivity contribution in [3.63, 3.8) is 0 Å². The summed E-state index contributed by atoms with van der Waals surface area (Å²) in [6, 6.07) is 1.49. The van der Waals surface area contributed by atoms with Gasteiger partial charge in [0.25, 0.3) is 0 Å². The third-order valence-electron chi connectivity index (χ3n) is 3.82. The fourth-order valence-electron chi connectivity index (χ4n) is 2.54. The van der Waals surface area contributed by atoms with Crippen LogP contribution >= 0.6 is 0 Å². The van der Waals surface area contributed by atoms with Gasteiger partial charge < -0.3 is 10.1 Å². The van der Waals surface area contributed by atoms with E-state index in [4.69, 9.17) is 4.74 Å². The zero-order valence-electron chi connectivity index (χ0n) is 12.0. The number of nitrogens with one attached hydrogen (secondary N) is 1. The van der Waals surface area contributed by atoms with Crippen LogP contribution in [-0.4, -0.2) is 18.1 Å². The lowest BCUT2D eigenvalue weighted by Crippen LogP contribution is -2.29. The van der Waals surface area contributed by atoms with E-state index < -0.39 is 0 Å². The van der Waals surface area contributed by atoms with Gasteiger partial charge in [-0.05, 0) is 44.2 Å². The summed E-state index contributed by atoms with van der Waals surface area (Å²) in [5.74, 6) is 0.253. The van der Waals surface area contributed by atoms with Crippen LogP contribution in [0.5, 0.6) is 5.88 Å². The monoisotopic (exact) mass is 266 g/mol. The van der Waals surface area contributed by atoms with E-state index in [-0.39, 0.29) is 11.9 Å². The Balaban J connectivity index is 2.03. The minimum atomic E-state index is -0.317. The van der Waals surface area contributed by atoms with Crippen LogP contribution in [0, 0.1) is 11.2 Å². The largest absolute Gasteiger partial charge is 0.474 e. The maximum Gasteiger partial charge on any atom is 0.218 e. The minimum absolute atomic E-state index is 0.210. The Labute approximate surface area is 114 Å². The summed E-state index contributed by atoms with van der Waals surface area (Å²) in [6.45, 7) is 5.16. The highest BCUT2D eigenvalue weighted by Gasteiger charge is 2.28. The van der Waals surface area contributed by atoms with Crippen molar-refractivity contribution in [2.24, 2.45) is 5.41 Å². The quantitative estimate of drug-likeness (QED) is 0.908. The third-order valence-corrected chi connectivity index (χ3v) is 3.82. The van der Waals surface area contributed by atoms with Gasteiger partial charge in [0.1, 0.15) is 11.9 Å². The van der Waals surface area contributed by atoms with Crippen LogP contribution < -0.4 is 10.1 Å². The first kappa shape index (κ1) is 14.3. The average molecular weight is 266 g/mol. The van der Waals surface area contributed by atoms with Crippen LogP contribution in [0.4, 0.5) is 4.39 Å². The maximum absolute atomic E-state index is 13.2. The molecule has 1 aliphatic rings. The zero-order chi connectivity index (χ0) is 13.9. The van der Waals surface area contributed by atoms with E-state index in [1.165, 1.54) is 25.1 Å². The van der Waals surface area contributed by atoms with Gasteiger partial charge in [0.2, 0.25) is 5.88 Å². The second-order valence-electron chi connectivity index (χ2n) is 6.13. The van der Waals surface area contributed by atoms with Crippen LogP contribution in [-0.2, 0) is 6.54 Å². The lowest BCUT2D eigenvalue weighted by atomic mass is 9.76. The molecule has 19 heavy (non-hydrogen) atoms. The van der Waals surface area contributed by atoms with E-state index >= 15 is 0 Å². The van der Waals surface area contributed by atoms with Crippen molar-refractivity contribution in [2.75, 3.05) is 7.05 Å². The standard InChI is InChI=1S/C15H23FN2O/c1-15(2)6-4-13(5-7-15)19-14-11(9-17-3)8-12(16)10-18-14/h8,10,13,17H,4-7,9H2,1-3H3. The molecule has 1 saturated carbocycles. The molecule has 3 nitrogen and oxygen atoms in total. The van der Waals surface area contributed by atoms with Crippen molar-refractivity contribution in [1.29, 1.82) is 0 Å². The SMILES string of the molecule is CNCc1cc(F)cnc1OC1CCC(C)(C)CC1. The van der Waals surface area contributed by atoms with Crippen molar-refractivity contribution in [2.45, 2.75) is 52.2 Å². The van der Waals surface area contributed by atoms with E-state index in [1.807, 2.05) is 7.05 Å². The van der Waals surface area contributed by atoms with E-state index in [0.29, 0.717) is 17.8 Å². The second-order valence-corrected chi connectivity index (χ2v) is 6.13. The van der Waals surface area contributed by atoms with Crippen LogP contribution in [0.25, 0.3) is 0 Å². The Morgan fingerprint density at radius 3 is 2.74 bits per heavy atom. The van der Waals surface area contributed by atoms with E-state index in [1.54, 1.807) is 0 Å². The molecule has 0 aliphatic heterocycles. The molecule has 1 N–H and O–H groups in total. The van der Waals surface area contributed by atoms with Crippen molar-refractivity contribution >= 4 is 0 Å². The summed E-state index contributed by atoms with van der Waals surface area (Å²) < 4.78 is 19.2. The van der Waals surface area contributed by atoms with Gasteiger partial charge in [0.05, 0.1) is 6.20 Å². The first-order valence-corrected chi connectivity index (χ1v) is 6.96. The van der Waals surface area contributed by atoms with Crippen LogP contribution in [0.2, 0.25) is 0 Å². The number of halogens is 1. The van der Waals surface area contributed by atoms with Gasteiger partial charge >= 0.3 is 0 Å². The van der Waals surface area contributed by atoms with Gasteiger partial charge in [-0.1, -0.05) is 13.8 Å². The minimum Gasteiger partial charge on any atom is -0.474 e. The lowest BCUT2D eigenvalue weighted by molar-refractivity contribution is 0.0937. The first-order chi connectivity index (χ1) is 9.00. The summed E-state index contributed by atoms with van der Waals surface area (Å²) >= 11 is 0. The van der Waals surface area contributed by atoms with Crippen molar-refractivity contribution in [3.05, 3.63) is 23.6 Å². The van der Waals surface area contributed by atoms with E-state index in [2.05, 4.69) is 24.1 Å². The molecule has 0 atom stereocenters. The van der Waals surface area contributed by atoms with Crippen LogP contribution in [0.15, 0.2) is 12.3 Å². The zero-order valence-corrected chi connectivity index (χ0v) is 12.0. The Morgan fingerprint density at radius 2 is 2.11 bits per heavy atom. The molecule has 106 valence electrons. The highest BCUT2D eigenvalue weighted by atomic mass is 19.1. The van der Waals surface area contributed by atoms with Crippen molar-refractivity contribution in [1.82, 2.24) is 10.3 Å². The number of nitrogens with zero attached hydrogens (tertiary/aromatic N) is 1. The van der Waals surface area contributed by atoms with Crippen LogP contribution in [0.1, 0.15) is 45.1 Å². The maximum atomic E-state index is 13.2. The lowest BCUT2D eigenvalue weighted by Gasteiger charge is -2.34. The molecule has 1 aromatic rings. The summed E-state index contributed by atoms with van der Waals surface area (Å²) in [5, 5.41) is 3.02. The summed E-state index contributed by atoms with van der Waals surface area (Å²) in [4.78, 5) is 4.09. The molecule has 0 spiro atoms. The Hall–Kier alpha value is -1.16. The number of hydrogen-bond donors (Lipinski definition) is 1. The molecule has 1 fully saturated rings. The first-order valence-electron chi connectivity index (χ1n) is 6.96.